The highest BCUT2D eigenvalue weighted by Crippen LogP contribution is 2.21. The predicted octanol–water partition coefficient (Wildman–Crippen LogP) is 1.76. The molecule has 0 saturated carbocycles. The van der Waals surface area contributed by atoms with Gasteiger partial charge in [0.25, 0.3) is 5.91 Å². The van der Waals surface area contributed by atoms with Crippen LogP contribution in [0.3, 0.4) is 0 Å². The number of benzene rings is 1. The molecule has 7 nitrogen and oxygen atoms in total. The third kappa shape index (κ3) is 4.86. The van der Waals surface area contributed by atoms with Crippen LogP contribution in [0.1, 0.15) is 19.4 Å². The third-order valence-corrected chi connectivity index (χ3v) is 3.82. The Bertz CT molecular complexity index is 591. The van der Waals surface area contributed by atoms with E-state index in [-0.39, 0.29) is 11.9 Å². The molecule has 1 aliphatic heterocycles. The highest BCUT2D eigenvalue weighted by Gasteiger charge is 2.18. The molecule has 1 aromatic rings. The van der Waals surface area contributed by atoms with Crippen molar-refractivity contribution >= 4 is 17.6 Å². The van der Waals surface area contributed by atoms with E-state index >= 15 is 0 Å². The van der Waals surface area contributed by atoms with Gasteiger partial charge in [-0.3, -0.25) is 4.79 Å². The van der Waals surface area contributed by atoms with Crippen LogP contribution < -0.4 is 15.4 Å². The van der Waals surface area contributed by atoms with Crippen LogP contribution in [0, 0.1) is 6.92 Å². The van der Waals surface area contributed by atoms with Gasteiger partial charge in [-0.1, -0.05) is 0 Å². The molecule has 0 aliphatic carbocycles. The Labute approximate surface area is 142 Å². The van der Waals surface area contributed by atoms with Crippen molar-refractivity contribution in [2.45, 2.75) is 26.9 Å². The lowest BCUT2D eigenvalue weighted by Gasteiger charge is -2.16. The Balaban J connectivity index is 1.85. The summed E-state index contributed by atoms with van der Waals surface area (Å²) in [6.07, 6.45) is -0.489. The molecule has 0 bridgehead atoms. The summed E-state index contributed by atoms with van der Waals surface area (Å²) in [5.74, 6) is 0.539. The van der Waals surface area contributed by atoms with E-state index in [9.17, 15) is 9.59 Å². The van der Waals surface area contributed by atoms with Crippen molar-refractivity contribution in [2.24, 2.45) is 0 Å². The molecule has 1 fully saturated rings. The zero-order valence-electron chi connectivity index (χ0n) is 14.4. The molecule has 2 N–H and O–H groups in total. The molecule has 1 heterocycles. The average Bonchev–Trinajstić information content (AvgIpc) is 2.95. The van der Waals surface area contributed by atoms with Gasteiger partial charge >= 0.3 is 6.03 Å². The summed E-state index contributed by atoms with van der Waals surface area (Å²) in [7, 11) is 0. The number of aryl methyl sites for hydroxylation is 1. The summed E-state index contributed by atoms with van der Waals surface area (Å²) in [6.45, 7) is 8.36. The number of rotatable bonds is 8. The lowest BCUT2D eigenvalue weighted by Crippen LogP contribution is -2.31. The minimum absolute atomic E-state index is 0.0451. The Morgan fingerprint density at radius 3 is 2.88 bits per heavy atom. The van der Waals surface area contributed by atoms with Gasteiger partial charge in [-0.05, 0) is 44.5 Å². The maximum atomic E-state index is 12.0. The van der Waals surface area contributed by atoms with Crippen molar-refractivity contribution in [1.29, 1.82) is 0 Å². The average molecular weight is 335 g/mol. The lowest BCUT2D eigenvalue weighted by molar-refractivity contribution is -0.126. The van der Waals surface area contributed by atoms with E-state index in [1.54, 1.807) is 17.9 Å². The smallest absolute Gasteiger partial charge is 0.317 e. The topological polar surface area (TPSA) is 79.9 Å². The zero-order valence-corrected chi connectivity index (χ0v) is 14.4. The van der Waals surface area contributed by atoms with Gasteiger partial charge in [-0.25, -0.2) is 4.79 Å². The molecule has 3 amide bonds. The van der Waals surface area contributed by atoms with Crippen LogP contribution in [0.15, 0.2) is 18.2 Å². The first-order chi connectivity index (χ1) is 11.5. The molecule has 0 aromatic heterocycles. The van der Waals surface area contributed by atoms with E-state index in [1.807, 2.05) is 26.0 Å². The van der Waals surface area contributed by atoms with E-state index in [4.69, 9.17) is 9.47 Å². The minimum Gasteiger partial charge on any atom is -0.492 e. The maximum Gasteiger partial charge on any atom is 0.317 e. The molecule has 0 unspecified atom stereocenters. The summed E-state index contributed by atoms with van der Waals surface area (Å²) in [5.41, 5.74) is 1.64. The second kappa shape index (κ2) is 8.54. The Hall–Kier alpha value is -2.28. The van der Waals surface area contributed by atoms with E-state index in [2.05, 4.69) is 10.6 Å². The highest BCUT2D eigenvalue weighted by atomic mass is 16.5. The largest absolute Gasteiger partial charge is 0.492 e. The number of nitrogens with one attached hydrogen (secondary N) is 2. The first kappa shape index (κ1) is 18.1. The van der Waals surface area contributed by atoms with E-state index < -0.39 is 6.10 Å². The van der Waals surface area contributed by atoms with E-state index in [0.29, 0.717) is 38.6 Å². The van der Waals surface area contributed by atoms with Crippen LogP contribution in [0.4, 0.5) is 10.5 Å². The number of hydrogen-bond acceptors (Lipinski definition) is 4. The standard InChI is InChI=1S/C17H25N3O4/c1-4-23-13(3)16(21)19-15-6-5-14(11-12(15)2)24-10-9-20-8-7-18-17(20)22/h5-6,11,13H,4,7-10H2,1-3H3,(H,18,22)(H,19,21)/t13-/m1/s1. The number of nitrogens with zero attached hydrogens (tertiary/aromatic N) is 1. The first-order valence-electron chi connectivity index (χ1n) is 8.20. The van der Waals surface area contributed by atoms with Gasteiger partial charge in [0, 0.05) is 25.4 Å². The van der Waals surface area contributed by atoms with Crippen molar-refractivity contribution in [2.75, 3.05) is 38.2 Å². The fraction of sp³-hybridized carbons (Fsp3) is 0.529. The number of anilines is 1. The van der Waals surface area contributed by atoms with E-state index in [1.165, 1.54) is 0 Å². The lowest BCUT2D eigenvalue weighted by atomic mass is 10.2. The molecule has 0 spiro atoms. The second-order valence-electron chi connectivity index (χ2n) is 5.63. The Kier molecular flexibility index (Phi) is 6.43. The summed E-state index contributed by atoms with van der Waals surface area (Å²) in [4.78, 5) is 25.1. The molecule has 24 heavy (non-hydrogen) atoms. The summed E-state index contributed by atoms with van der Waals surface area (Å²) in [5, 5.41) is 5.60. The minimum atomic E-state index is -0.489. The molecule has 7 heteroatoms. The van der Waals surface area contributed by atoms with Crippen molar-refractivity contribution in [3.05, 3.63) is 23.8 Å². The van der Waals surface area contributed by atoms with Gasteiger partial charge in [-0.15, -0.1) is 0 Å². The maximum absolute atomic E-state index is 12.0. The zero-order chi connectivity index (χ0) is 17.5. The highest BCUT2D eigenvalue weighted by molar-refractivity contribution is 5.94. The molecule has 2 rings (SSSR count). The molecule has 1 saturated heterocycles. The summed E-state index contributed by atoms with van der Waals surface area (Å²) in [6, 6.07) is 5.43. The molecular formula is C17H25N3O4. The second-order valence-corrected chi connectivity index (χ2v) is 5.63. The number of carbonyl (C=O) groups is 2. The van der Waals surface area contributed by atoms with Crippen molar-refractivity contribution in [3.8, 4) is 5.75 Å². The molecule has 132 valence electrons. The first-order valence-corrected chi connectivity index (χ1v) is 8.20. The summed E-state index contributed by atoms with van der Waals surface area (Å²) < 4.78 is 11.0. The van der Waals surface area contributed by atoms with E-state index in [0.717, 1.165) is 11.3 Å². The van der Waals surface area contributed by atoms with Gasteiger partial charge < -0.3 is 25.0 Å². The quantitative estimate of drug-likeness (QED) is 0.759. The van der Waals surface area contributed by atoms with Crippen LogP contribution in [0.25, 0.3) is 0 Å². The van der Waals surface area contributed by atoms with Crippen LogP contribution in [-0.2, 0) is 9.53 Å². The van der Waals surface area contributed by atoms with Gasteiger partial charge in [-0.2, -0.15) is 0 Å². The Morgan fingerprint density at radius 1 is 1.46 bits per heavy atom. The third-order valence-electron chi connectivity index (χ3n) is 3.82. The number of carbonyl (C=O) groups excluding carboxylic acids is 2. The molecule has 1 atom stereocenters. The molecule has 1 aliphatic rings. The molecular weight excluding hydrogens is 310 g/mol. The normalized spacial score (nSPS) is 15.1. The fourth-order valence-electron chi connectivity index (χ4n) is 2.42. The van der Waals surface area contributed by atoms with Gasteiger partial charge in [0.15, 0.2) is 0 Å². The van der Waals surface area contributed by atoms with Gasteiger partial charge in [0.1, 0.15) is 18.5 Å². The van der Waals surface area contributed by atoms with Crippen molar-refractivity contribution < 1.29 is 19.1 Å². The fourth-order valence-corrected chi connectivity index (χ4v) is 2.42. The van der Waals surface area contributed by atoms with Crippen LogP contribution >= 0.6 is 0 Å². The van der Waals surface area contributed by atoms with Gasteiger partial charge in [0.05, 0.1) is 6.54 Å². The number of hydrogen-bond donors (Lipinski definition) is 2. The number of urea groups is 1. The van der Waals surface area contributed by atoms with Crippen LogP contribution in [0.2, 0.25) is 0 Å². The predicted molar refractivity (Wildman–Crippen MR) is 91.4 cm³/mol. The van der Waals surface area contributed by atoms with Crippen molar-refractivity contribution in [3.63, 3.8) is 0 Å². The van der Waals surface area contributed by atoms with Crippen molar-refractivity contribution in [1.82, 2.24) is 10.2 Å². The Morgan fingerprint density at radius 2 is 2.25 bits per heavy atom. The van der Waals surface area contributed by atoms with Crippen LogP contribution in [-0.4, -0.2) is 55.8 Å². The van der Waals surface area contributed by atoms with Crippen LogP contribution in [0.5, 0.6) is 5.75 Å². The number of amides is 3. The summed E-state index contributed by atoms with van der Waals surface area (Å²) >= 11 is 0. The molecule has 0 radical (unpaired) electrons. The molecule has 1 aromatic carbocycles. The number of ether oxygens (including phenoxy) is 2. The van der Waals surface area contributed by atoms with Gasteiger partial charge in [0.2, 0.25) is 0 Å². The SMILES string of the molecule is CCO[C@H](C)C(=O)Nc1ccc(OCCN2CCNC2=O)cc1C. The monoisotopic (exact) mass is 335 g/mol.